The first-order valence-electron chi connectivity index (χ1n) is 8.31. The van der Waals surface area contributed by atoms with Crippen molar-refractivity contribution in [3.8, 4) is 5.75 Å². The normalized spacial score (nSPS) is 18.1. The molecule has 0 N–H and O–H groups in total. The molecule has 1 atom stereocenters. The predicted octanol–water partition coefficient (Wildman–Crippen LogP) is 3.64. The van der Waals surface area contributed by atoms with Crippen LogP contribution in [0.15, 0.2) is 84.9 Å². The molecule has 4 heteroatoms. The number of para-hydroxylation sites is 1. The van der Waals surface area contributed by atoms with Crippen molar-refractivity contribution in [2.24, 2.45) is 0 Å². The standard InChI is InChI=1S/C22H16O4/c23-20(25-15-16-9-3-1-4-10-16)22(17-11-5-2-6-12-17)18-13-7-8-14-19(18)26-21(22)24/h1-14H,15H2. The molecule has 1 unspecified atom stereocenters. The van der Waals surface area contributed by atoms with Crippen molar-refractivity contribution in [3.63, 3.8) is 0 Å². The lowest BCUT2D eigenvalue weighted by molar-refractivity contribution is -0.157. The van der Waals surface area contributed by atoms with Gasteiger partial charge in [0, 0.05) is 5.56 Å². The molecule has 3 aromatic carbocycles. The lowest BCUT2D eigenvalue weighted by atomic mass is 9.75. The van der Waals surface area contributed by atoms with E-state index >= 15 is 0 Å². The van der Waals surface area contributed by atoms with Crippen molar-refractivity contribution in [3.05, 3.63) is 102 Å². The largest absolute Gasteiger partial charge is 0.459 e. The SMILES string of the molecule is O=C(OCc1ccccc1)C1(c2ccccc2)C(=O)Oc2ccccc21. The minimum Gasteiger partial charge on any atom is -0.459 e. The first-order chi connectivity index (χ1) is 12.7. The number of hydrogen-bond acceptors (Lipinski definition) is 4. The second-order valence-electron chi connectivity index (χ2n) is 6.06. The van der Waals surface area contributed by atoms with Gasteiger partial charge in [-0.25, -0.2) is 4.79 Å². The maximum atomic E-state index is 13.2. The predicted molar refractivity (Wildman–Crippen MR) is 95.5 cm³/mol. The van der Waals surface area contributed by atoms with Gasteiger partial charge in [-0.05, 0) is 17.2 Å². The quantitative estimate of drug-likeness (QED) is 0.412. The van der Waals surface area contributed by atoms with Gasteiger partial charge in [0.05, 0.1) is 0 Å². The summed E-state index contributed by atoms with van der Waals surface area (Å²) in [5.41, 5.74) is 0.290. The summed E-state index contributed by atoms with van der Waals surface area (Å²) < 4.78 is 11.0. The Labute approximate surface area is 151 Å². The van der Waals surface area contributed by atoms with E-state index in [0.29, 0.717) is 16.9 Å². The number of esters is 2. The van der Waals surface area contributed by atoms with Crippen LogP contribution < -0.4 is 4.74 Å². The topological polar surface area (TPSA) is 52.6 Å². The second kappa shape index (κ2) is 6.48. The smallest absolute Gasteiger partial charge is 0.338 e. The van der Waals surface area contributed by atoms with Gasteiger partial charge in [-0.15, -0.1) is 0 Å². The lowest BCUT2D eigenvalue weighted by Crippen LogP contribution is -2.44. The Kier molecular flexibility index (Phi) is 4.01. The molecule has 128 valence electrons. The zero-order valence-electron chi connectivity index (χ0n) is 13.9. The number of rotatable bonds is 4. The van der Waals surface area contributed by atoms with Gasteiger partial charge in [-0.2, -0.15) is 0 Å². The Bertz CT molecular complexity index is 950. The highest BCUT2D eigenvalue weighted by molar-refractivity contribution is 6.13. The minimum absolute atomic E-state index is 0.0870. The van der Waals surface area contributed by atoms with E-state index in [1.54, 1.807) is 48.5 Å². The number of benzene rings is 3. The van der Waals surface area contributed by atoms with E-state index in [2.05, 4.69) is 0 Å². The number of carbonyl (C=O) groups is 2. The summed E-state index contributed by atoms with van der Waals surface area (Å²) in [6.45, 7) is 0.0870. The molecule has 0 saturated carbocycles. The van der Waals surface area contributed by atoms with Crippen LogP contribution in [0.3, 0.4) is 0 Å². The maximum absolute atomic E-state index is 13.2. The molecule has 0 saturated heterocycles. The molecule has 3 aromatic rings. The van der Waals surface area contributed by atoms with Crippen LogP contribution in [0.4, 0.5) is 0 Å². The lowest BCUT2D eigenvalue weighted by Gasteiger charge is -2.24. The fraction of sp³-hybridized carbons (Fsp3) is 0.0909. The van der Waals surface area contributed by atoms with Crippen LogP contribution in [-0.4, -0.2) is 11.9 Å². The minimum atomic E-state index is -1.60. The third kappa shape index (κ3) is 2.47. The molecule has 1 aliphatic heterocycles. The van der Waals surface area contributed by atoms with Gasteiger partial charge >= 0.3 is 11.9 Å². The Morgan fingerprint density at radius 3 is 2.19 bits per heavy atom. The van der Waals surface area contributed by atoms with Gasteiger partial charge in [-0.3, -0.25) is 4.79 Å². The van der Waals surface area contributed by atoms with Crippen LogP contribution in [0.2, 0.25) is 0 Å². The number of carbonyl (C=O) groups excluding carboxylic acids is 2. The van der Waals surface area contributed by atoms with E-state index in [9.17, 15) is 9.59 Å². The average molecular weight is 344 g/mol. The fourth-order valence-corrected chi connectivity index (χ4v) is 3.26. The molecule has 0 fully saturated rings. The van der Waals surface area contributed by atoms with Crippen LogP contribution in [-0.2, 0) is 26.3 Å². The molecule has 4 rings (SSSR count). The van der Waals surface area contributed by atoms with Gasteiger partial charge in [0.15, 0.2) is 0 Å². The zero-order chi connectivity index (χ0) is 18.0. The number of hydrogen-bond donors (Lipinski definition) is 0. The van der Waals surface area contributed by atoms with Crippen molar-refractivity contribution in [1.29, 1.82) is 0 Å². The van der Waals surface area contributed by atoms with Crippen LogP contribution >= 0.6 is 0 Å². The monoisotopic (exact) mass is 344 g/mol. The first kappa shape index (κ1) is 16.1. The molecule has 1 aliphatic rings. The van der Waals surface area contributed by atoms with Crippen molar-refractivity contribution in [1.82, 2.24) is 0 Å². The summed E-state index contributed by atoms with van der Waals surface area (Å²) in [4.78, 5) is 26.1. The second-order valence-corrected chi connectivity index (χ2v) is 6.06. The molecular weight excluding hydrogens is 328 g/mol. The van der Waals surface area contributed by atoms with Crippen molar-refractivity contribution < 1.29 is 19.1 Å². The highest BCUT2D eigenvalue weighted by Gasteiger charge is 2.58. The van der Waals surface area contributed by atoms with Crippen LogP contribution in [0, 0.1) is 0 Å². The van der Waals surface area contributed by atoms with Crippen LogP contribution in [0.5, 0.6) is 5.75 Å². The summed E-state index contributed by atoms with van der Waals surface area (Å²) in [5, 5.41) is 0. The molecule has 0 bridgehead atoms. The Morgan fingerprint density at radius 1 is 0.846 bits per heavy atom. The summed E-state index contributed by atoms with van der Waals surface area (Å²) in [7, 11) is 0. The summed E-state index contributed by atoms with van der Waals surface area (Å²) in [5.74, 6) is -0.886. The van der Waals surface area contributed by atoms with Crippen LogP contribution in [0.25, 0.3) is 0 Å². The van der Waals surface area contributed by atoms with E-state index in [0.717, 1.165) is 5.56 Å². The average Bonchev–Trinajstić information content (AvgIpc) is 3.00. The Morgan fingerprint density at radius 2 is 1.46 bits per heavy atom. The van der Waals surface area contributed by atoms with Gasteiger partial charge in [0.1, 0.15) is 12.4 Å². The van der Waals surface area contributed by atoms with Crippen LogP contribution in [0.1, 0.15) is 16.7 Å². The molecular formula is C22H16O4. The molecule has 26 heavy (non-hydrogen) atoms. The molecule has 0 amide bonds. The van der Waals surface area contributed by atoms with Gasteiger partial charge < -0.3 is 9.47 Å². The Hall–Kier alpha value is -3.40. The molecule has 0 aliphatic carbocycles. The van der Waals surface area contributed by atoms with E-state index in [1.165, 1.54) is 0 Å². The van der Waals surface area contributed by atoms with Crippen molar-refractivity contribution >= 4 is 11.9 Å². The van der Waals surface area contributed by atoms with Gasteiger partial charge in [0.2, 0.25) is 5.41 Å². The van der Waals surface area contributed by atoms with E-state index in [4.69, 9.17) is 9.47 Å². The van der Waals surface area contributed by atoms with E-state index in [1.807, 2.05) is 36.4 Å². The molecule has 0 aromatic heterocycles. The Balaban J connectivity index is 1.78. The molecule has 0 spiro atoms. The number of ether oxygens (including phenoxy) is 2. The fourth-order valence-electron chi connectivity index (χ4n) is 3.26. The third-order valence-electron chi connectivity index (χ3n) is 4.53. The third-order valence-corrected chi connectivity index (χ3v) is 4.53. The summed E-state index contributed by atoms with van der Waals surface area (Å²) >= 11 is 0. The summed E-state index contributed by atoms with van der Waals surface area (Å²) in [6, 6.07) is 25.2. The molecule has 1 heterocycles. The highest BCUT2D eigenvalue weighted by atomic mass is 16.6. The zero-order valence-corrected chi connectivity index (χ0v) is 13.9. The maximum Gasteiger partial charge on any atom is 0.338 e. The summed E-state index contributed by atoms with van der Waals surface area (Å²) in [6.07, 6.45) is 0. The van der Waals surface area contributed by atoms with E-state index < -0.39 is 17.4 Å². The number of fused-ring (bicyclic) bond motifs is 1. The van der Waals surface area contributed by atoms with E-state index in [-0.39, 0.29) is 6.61 Å². The molecule has 0 radical (unpaired) electrons. The van der Waals surface area contributed by atoms with Gasteiger partial charge in [0.25, 0.3) is 0 Å². The van der Waals surface area contributed by atoms with Crippen molar-refractivity contribution in [2.45, 2.75) is 12.0 Å². The van der Waals surface area contributed by atoms with Crippen molar-refractivity contribution in [2.75, 3.05) is 0 Å². The van der Waals surface area contributed by atoms with Gasteiger partial charge in [-0.1, -0.05) is 78.9 Å². The molecule has 4 nitrogen and oxygen atoms in total. The first-order valence-corrected chi connectivity index (χ1v) is 8.31. The highest BCUT2D eigenvalue weighted by Crippen LogP contribution is 2.45.